The third-order valence-electron chi connectivity index (χ3n) is 9.73. The number of carbonyl (C=O) groups is 3. The van der Waals surface area contributed by atoms with Crippen molar-refractivity contribution in [2.24, 2.45) is 17.8 Å². The number of hydrogen-bond donors (Lipinski definition) is 1. The Morgan fingerprint density at radius 2 is 1.80 bits per heavy atom. The first-order chi connectivity index (χ1) is 19.7. The van der Waals surface area contributed by atoms with E-state index in [2.05, 4.69) is 10.3 Å². The highest BCUT2D eigenvalue weighted by molar-refractivity contribution is 6.00. The van der Waals surface area contributed by atoms with E-state index in [9.17, 15) is 19.5 Å². The molecule has 0 saturated carbocycles. The summed E-state index contributed by atoms with van der Waals surface area (Å²) in [4.78, 5) is 48.0. The Hall–Kier alpha value is -3.57. The lowest BCUT2D eigenvalue weighted by atomic mass is 9.73. The number of nitrogens with zero attached hydrogens (tertiary/aromatic N) is 6. The summed E-state index contributed by atoms with van der Waals surface area (Å²) in [6.07, 6.45) is 8.71. The molecule has 6 rings (SSSR count). The summed E-state index contributed by atoms with van der Waals surface area (Å²) in [7, 11) is 1.73. The number of carbonyl (C=O) groups excluding carboxylic acids is 3. The first-order valence-corrected chi connectivity index (χ1v) is 14.5. The highest BCUT2D eigenvalue weighted by Gasteiger charge is 2.76. The van der Waals surface area contributed by atoms with Crippen molar-refractivity contribution >= 4 is 28.8 Å². The number of aliphatic hydroxyl groups is 1. The highest BCUT2D eigenvalue weighted by atomic mass is 16.5. The van der Waals surface area contributed by atoms with Crippen molar-refractivity contribution in [1.29, 1.82) is 0 Å². The van der Waals surface area contributed by atoms with Gasteiger partial charge in [-0.15, -0.1) is 5.10 Å². The molecule has 5 heterocycles. The fourth-order valence-electron chi connectivity index (χ4n) is 7.35. The van der Waals surface area contributed by atoms with Crippen molar-refractivity contribution in [1.82, 2.24) is 29.7 Å². The predicted octanol–water partition coefficient (Wildman–Crippen LogP) is 1.58. The number of likely N-dealkylation sites (tertiary alicyclic amines) is 1. The maximum absolute atomic E-state index is 14.7. The summed E-state index contributed by atoms with van der Waals surface area (Å²) >= 11 is 0. The zero-order valence-electron chi connectivity index (χ0n) is 24.0. The molecular formula is C30H38N6O5. The molecule has 11 nitrogen and oxygen atoms in total. The molecule has 41 heavy (non-hydrogen) atoms. The summed E-state index contributed by atoms with van der Waals surface area (Å²) in [5.74, 6) is -2.59. The molecular weight excluding hydrogens is 524 g/mol. The molecule has 2 aromatic rings. The largest absolute Gasteiger partial charge is 0.394 e. The monoisotopic (exact) mass is 562 g/mol. The molecule has 7 atom stereocenters. The molecule has 2 fully saturated rings. The van der Waals surface area contributed by atoms with E-state index >= 15 is 0 Å². The number of fused-ring (bicyclic) bond motifs is 3. The van der Waals surface area contributed by atoms with Gasteiger partial charge in [0, 0.05) is 20.1 Å². The lowest BCUT2D eigenvalue weighted by molar-refractivity contribution is -0.159. The van der Waals surface area contributed by atoms with Crippen LogP contribution in [0, 0.1) is 17.8 Å². The van der Waals surface area contributed by atoms with Gasteiger partial charge in [0.25, 0.3) is 5.91 Å². The summed E-state index contributed by atoms with van der Waals surface area (Å²) in [6, 6.07) is 5.87. The lowest BCUT2D eigenvalue weighted by Crippen LogP contribution is -2.60. The van der Waals surface area contributed by atoms with Crippen LogP contribution >= 0.6 is 0 Å². The van der Waals surface area contributed by atoms with Crippen molar-refractivity contribution in [2.45, 2.75) is 63.6 Å². The van der Waals surface area contributed by atoms with E-state index in [1.54, 1.807) is 26.4 Å². The van der Waals surface area contributed by atoms with Crippen molar-refractivity contribution in [2.75, 3.05) is 26.7 Å². The van der Waals surface area contributed by atoms with Gasteiger partial charge < -0.3 is 24.5 Å². The van der Waals surface area contributed by atoms with Gasteiger partial charge in [-0.05, 0) is 24.5 Å². The summed E-state index contributed by atoms with van der Waals surface area (Å²) in [6.45, 7) is 6.42. The van der Waals surface area contributed by atoms with Crippen molar-refractivity contribution in [3.05, 3.63) is 48.6 Å². The molecule has 1 aromatic heterocycles. The van der Waals surface area contributed by atoms with Gasteiger partial charge in [0.2, 0.25) is 11.8 Å². The van der Waals surface area contributed by atoms with Crippen molar-refractivity contribution in [3.8, 4) is 0 Å². The topological polar surface area (TPSA) is 121 Å². The van der Waals surface area contributed by atoms with Crippen molar-refractivity contribution in [3.63, 3.8) is 0 Å². The molecule has 0 aliphatic carbocycles. The minimum Gasteiger partial charge on any atom is -0.394 e. The number of aromatic nitrogens is 3. The summed E-state index contributed by atoms with van der Waals surface area (Å²) in [5.41, 5.74) is -0.890. The Bertz CT molecular complexity index is 1440. The van der Waals surface area contributed by atoms with Crippen LogP contribution in [0.2, 0.25) is 0 Å². The Morgan fingerprint density at radius 1 is 1.05 bits per heavy atom. The summed E-state index contributed by atoms with van der Waals surface area (Å²) in [5, 5.41) is 19.1. The van der Waals surface area contributed by atoms with Gasteiger partial charge in [0.15, 0.2) is 0 Å². The average Bonchev–Trinajstić information content (AvgIpc) is 3.52. The quantitative estimate of drug-likeness (QED) is 0.509. The minimum atomic E-state index is -1.37. The SMILES string of the molecule is CC[C@H](C)[C@H](CO)N1C(=O)[C@@H]2[C@@H]3C(=O)N(C)CC=C[C@]3(CC)O[C@@]23C=CCN(Cn2nnc4ccccc42)C(=O)C13. The Kier molecular flexibility index (Phi) is 6.77. The molecule has 1 N–H and O–H groups in total. The van der Waals surface area contributed by atoms with Gasteiger partial charge in [0.1, 0.15) is 23.8 Å². The molecule has 218 valence electrons. The molecule has 0 radical (unpaired) electrons. The number of likely N-dealkylation sites (N-methyl/N-ethyl adjacent to an activating group) is 1. The molecule has 0 bridgehead atoms. The van der Waals surface area contributed by atoms with Crippen LogP contribution in [0.3, 0.4) is 0 Å². The molecule has 1 aromatic carbocycles. The van der Waals surface area contributed by atoms with Crippen LogP contribution in [-0.4, -0.2) is 103 Å². The van der Waals surface area contributed by atoms with Crippen LogP contribution in [0.1, 0.15) is 33.6 Å². The second-order valence-electron chi connectivity index (χ2n) is 11.8. The zero-order valence-corrected chi connectivity index (χ0v) is 24.0. The fraction of sp³-hybridized carbons (Fsp3) is 0.567. The Labute approximate surface area is 239 Å². The molecule has 1 unspecified atom stereocenters. The zero-order chi connectivity index (χ0) is 29.1. The van der Waals surface area contributed by atoms with E-state index in [1.807, 2.05) is 69.3 Å². The second-order valence-corrected chi connectivity index (χ2v) is 11.8. The molecule has 1 spiro atoms. The van der Waals surface area contributed by atoms with E-state index in [1.165, 1.54) is 0 Å². The van der Waals surface area contributed by atoms with Crippen LogP contribution in [0.25, 0.3) is 11.0 Å². The van der Waals surface area contributed by atoms with Crippen LogP contribution in [-0.2, 0) is 25.8 Å². The van der Waals surface area contributed by atoms with E-state index in [4.69, 9.17) is 4.74 Å². The van der Waals surface area contributed by atoms with Gasteiger partial charge >= 0.3 is 0 Å². The van der Waals surface area contributed by atoms with E-state index in [-0.39, 0.29) is 43.5 Å². The van der Waals surface area contributed by atoms with E-state index in [0.29, 0.717) is 19.4 Å². The van der Waals surface area contributed by atoms with Crippen LogP contribution in [0.5, 0.6) is 0 Å². The Morgan fingerprint density at radius 3 is 2.54 bits per heavy atom. The number of para-hydroxylation sites is 1. The summed E-state index contributed by atoms with van der Waals surface area (Å²) < 4.78 is 8.65. The smallest absolute Gasteiger partial charge is 0.250 e. The fourth-order valence-corrected chi connectivity index (χ4v) is 7.35. The predicted molar refractivity (Wildman–Crippen MR) is 150 cm³/mol. The maximum atomic E-state index is 14.7. The first kappa shape index (κ1) is 27.6. The number of benzene rings is 1. The Balaban J connectivity index is 1.49. The van der Waals surface area contributed by atoms with Crippen LogP contribution in [0.15, 0.2) is 48.6 Å². The minimum absolute atomic E-state index is 0.0871. The molecule has 11 heteroatoms. The number of aliphatic hydroxyl groups excluding tert-OH is 1. The maximum Gasteiger partial charge on any atom is 0.250 e. The second kappa shape index (κ2) is 10.1. The average molecular weight is 563 g/mol. The third kappa shape index (κ3) is 3.89. The van der Waals surface area contributed by atoms with Crippen LogP contribution in [0.4, 0.5) is 0 Å². The van der Waals surface area contributed by atoms with Crippen molar-refractivity contribution < 1.29 is 24.2 Å². The van der Waals surface area contributed by atoms with Gasteiger partial charge in [0.05, 0.1) is 35.6 Å². The first-order valence-electron chi connectivity index (χ1n) is 14.5. The standard InChI is InChI=1S/C30H38N6O5/c1-5-19(3)22(17-37)36-25-28(40)34(18-35-21-12-8-7-11-20(21)31-32-35)16-10-14-30(25)24(27(36)39)23-26(38)33(4)15-9-13-29(23,6-2)41-30/h7-14,19,22-25,37H,5-6,15-18H2,1-4H3/t19-,22-,23+,24-,25?,29-,30-/m0/s1. The third-order valence-corrected chi connectivity index (χ3v) is 9.73. The molecule has 4 aliphatic rings. The van der Waals surface area contributed by atoms with Gasteiger partial charge in [-0.3, -0.25) is 14.4 Å². The van der Waals surface area contributed by atoms with E-state index in [0.717, 1.165) is 11.0 Å². The van der Waals surface area contributed by atoms with Crippen LogP contribution < -0.4 is 0 Å². The normalized spacial score (nSPS) is 32.7. The number of hydrogen-bond acceptors (Lipinski definition) is 7. The molecule has 3 amide bonds. The highest BCUT2D eigenvalue weighted by Crippen LogP contribution is 2.59. The number of rotatable bonds is 7. The lowest BCUT2D eigenvalue weighted by Gasteiger charge is -2.42. The van der Waals surface area contributed by atoms with Gasteiger partial charge in [-0.25, -0.2) is 4.68 Å². The molecule has 2 saturated heterocycles. The van der Waals surface area contributed by atoms with Gasteiger partial charge in [-0.2, -0.15) is 0 Å². The van der Waals surface area contributed by atoms with E-state index < -0.39 is 35.1 Å². The number of amides is 3. The molecule has 4 aliphatic heterocycles. The number of ether oxygens (including phenoxy) is 1. The van der Waals surface area contributed by atoms with Gasteiger partial charge in [-0.1, -0.05) is 68.8 Å².